The van der Waals surface area contributed by atoms with Gasteiger partial charge in [-0.05, 0) is 18.1 Å². The maximum atomic E-state index is 11.6. The minimum absolute atomic E-state index is 0.0922. The molecule has 0 atom stereocenters. The number of benzene rings is 1. The largest absolute Gasteiger partial charge is 0.465 e. The molecule has 0 radical (unpaired) electrons. The monoisotopic (exact) mass is 250 g/mol. The van der Waals surface area contributed by atoms with Gasteiger partial charge in [0.25, 0.3) is 0 Å². The van der Waals surface area contributed by atoms with Gasteiger partial charge in [-0.1, -0.05) is 31.5 Å². The predicted molar refractivity (Wildman–Crippen MR) is 67.4 cm³/mol. The van der Waals surface area contributed by atoms with Crippen molar-refractivity contribution in [2.45, 2.75) is 26.2 Å². The molecule has 18 heavy (non-hydrogen) atoms. The Morgan fingerprint density at radius 3 is 2.61 bits per heavy atom. The number of methoxy groups -OCH3 is 1. The van der Waals surface area contributed by atoms with Crippen molar-refractivity contribution in [3.05, 3.63) is 35.4 Å². The van der Waals surface area contributed by atoms with E-state index in [1.807, 2.05) is 6.92 Å². The van der Waals surface area contributed by atoms with Crippen molar-refractivity contribution in [2.24, 2.45) is 0 Å². The average molecular weight is 250 g/mol. The summed E-state index contributed by atoms with van der Waals surface area (Å²) in [7, 11) is 1.32. The third-order valence-electron chi connectivity index (χ3n) is 2.52. The average Bonchev–Trinajstić information content (AvgIpc) is 2.39. The van der Waals surface area contributed by atoms with Crippen LogP contribution in [0.3, 0.4) is 0 Å². The van der Waals surface area contributed by atoms with Crippen LogP contribution >= 0.6 is 0 Å². The number of ether oxygens (including phenoxy) is 2. The Bertz CT molecular complexity index is 412. The molecule has 0 heterocycles. The summed E-state index contributed by atoms with van der Waals surface area (Å²) in [6.45, 7) is 2.45. The summed E-state index contributed by atoms with van der Waals surface area (Å²) in [5.41, 5.74) is 1.04. The van der Waals surface area contributed by atoms with Crippen LogP contribution in [-0.4, -0.2) is 25.7 Å². The quantitative estimate of drug-likeness (QED) is 0.574. The first-order valence-electron chi connectivity index (χ1n) is 6.00. The zero-order valence-electron chi connectivity index (χ0n) is 10.8. The fourth-order valence-corrected chi connectivity index (χ4v) is 1.52. The van der Waals surface area contributed by atoms with Crippen LogP contribution in [0.4, 0.5) is 0 Å². The molecule has 0 amide bonds. The van der Waals surface area contributed by atoms with Crippen molar-refractivity contribution in [3.63, 3.8) is 0 Å². The molecule has 0 saturated heterocycles. The number of hydrogen-bond donors (Lipinski definition) is 0. The highest BCUT2D eigenvalue weighted by Gasteiger charge is 2.14. The second-order valence-corrected chi connectivity index (χ2v) is 3.90. The molecular formula is C14H18O4. The van der Waals surface area contributed by atoms with Crippen molar-refractivity contribution in [1.29, 1.82) is 0 Å². The van der Waals surface area contributed by atoms with Crippen molar-refractivity contribution in [3.8, 4) is 0 Å². The van der Waals surface area contributed by atoms with Gasteiger partial charge in [0, 0.05) is 0 Å². The van der Waals surface area contributed by atoms with E-state index in [0.717, 1.165) is 12.8 Å². The zero-order chi connectivity index (χ0) is 13.4. The fourth-order valence-electron chi connectivity index (χ4n) is 1.52. The lowest BCUT2D eigenvalue weighted by Gasteiger charge is -2.07. The Morgan fingerprint density at radius 2 is 1.94 bits per heavy atom. The van der Waals surface area contributed by atoms with Crippen molar-refractivity contribution in [2.75, 3.05) is 13.7 Å². The predicted octanol–water partition coefficient (Wildman–Crippen LogP) is 2.36. The van der Waals surface area contributed by atoms with Gasteiger partial charge in [0.2, 0.25) is 0 Å². The molecule has 0 aliphatic heterocycles. The molecule has 0 N–H and O–H groups in total. The van der Waals surface area contributed by atoms with Crippen LogP contribution in [0, 0.1) is 0 Å². The number of carbonyl (C=O) groups excluding carboxylic acids is 2. The zero-order valence-corrected chi connectivity index (χ0v) is 10.8. The van der Waals surface area contributed by atoms with E-state index in [1.165, 1.54) is 7.11 Å². The Balaban J connectivity index is 2.66. The first-order chi connectivity index (χ1) is 8.69. The van der Waals surface area contributed by atoms with Gasteiger partial charge in [0.05, 0.1) is 25.7 Å². The molecule has 1 aromatic rings. The van der Waals surface area contributed by atoms with E-state index in [2.05, 4.69) is 4.74 Å². The highest BCUT2D eigenvalue weighted by Crippen LogP contribution is 2.11. The van der Waals surface area contributed by atoms with Gasteiger partial charge in [-0.2, -0.15) is 0 Å². The molecule has 0 saturated carbocycles. The fraction of sp³-hybridized carbons (Fsp3) is 0.429. The second-order valence-electron chi connectivity index (χ2n) is 3.90. The van der Waals surface area contributed by atoms with E-state index in [1.54, 1.807) is 24.3 Å². The molecule has 0 aliphatic carbocycles. The smallest absolute Gasteiger partial charge is 0.338 e. The number of esters is 2. The van der Waals surface area contributed by atoms with Gasteiger partial charge in [0.1, 0.15) is 0 Å². The van der Waals surface area contributed by atoms with Gasteiger partial charge < -0.3 is 9.47 Å². The Hall–Kier alpha value is -1.84. The van der Waals surface area contributed by atoms with Crippen LogP contribution in [0.25, 0.3) is 0 Å². The first kappa shape index (κ1) is 14.2. The lowest BCUT2D eigenvalue weighted by Crippen LogP contribution is -2.13. The second kappa shape index (κ2) is 7.48. The number of rotatable bonds is 6. The van der Waals surface area contributed by atoms with Crippen LogP contribution < -0.4 is 0 Å². The van der Waals surface area contributed by atoms with Gasteiger partial charge in [-0.25, -0.2) is 4.79 Å². The molecule has 4 nitrogen and oxygen atoms in total. The molecule has 4 heteroatoms. The lowest BCUT2D eigenvalue weighted by atomic mass is 10.0. The molecule has 0 fully saturated rings. The summed E-state index contributed by atoms with van der Waals surface area (Å²) < 4.78 is 9.73. The highest BCUT2D eigenvalue weighted by molar-refractivity contribution is 5.92. The van der Waals surface area contributed by atoms with Gasteiger partial charge in [-0.15, -0.1) is 0 Å². The van der Waals surface area contributed by atoms with Crippen LogP contribution in [0.5, 0.6) is 0 Å². The van der Waals surface area contributed by atoms with Crippen LogP contribution in [0.2, 0.25) is 0 Å². The maximum Gasteiger partial charge on any atom is 0.338 e. The summed E-state index contributed by atoms with van der Waals surface area (Å²) >= 11 is 0. The number of unbranched alkanes of at least 4 members (excludes halogenated alkanes) is 1. The first-order valence-corrected chi connectivity index (χ1v) is 6.00. The lowest BCUT2D eigenvalue weighted by molar-refractivity contribution is -0.142. The molecule has 0 bridgehead atoms. The third kappa shape index (κ3) is 4.20. The van der Waals surface area contributed by atoms with Gasteiger partial charge in [0.15, 0.2) is 0 Å². The summed E-state index contributed by atoms with van der Waals surface area (Å²) in [6.07, 6.45) is 1.92. The molecule has 98 valence electrons. The normalized spacial score (nSPS) is 9.89. The Morgan fingerprint density at radius 1 is 1.22 bits per heavy atom. The summed E-state index contributed by atoms with van der Waals surface area (Å²) in [4.78, 5) is 23.1. The summed E-state index contributed by atoms with van der Waals surface area (Å²) in [5.74, 6) is -0.758. The standard InChI is InChI=1S/C14H18O4/c1-3-4-9-18-13(15)10-11-7-5-6-8-12(11)14(16)17-2/h5-8H,3-4,9-10H2,1-2H3. The van der Waals surface area contributed by atoms with Crippen LogP contribution in [0.1, 0.15) is 35.7 Å². The third-order valence-corrected chi connectivity index (χ3v) is 2.52. The Labute approximate surface area is 107 Å². The van der Waals surface area contributed by atoms with Gasteiger partial charge >= 0.3 is 11.9 Å². The minimum Gasteiger partial charge on any atom is -0.465 e. The van der Waals surface area contributed by atoms with Crippen molar-refractivity contribution in [1.82, 2.24) is 0 Å². The topological polar surface area (TPSA) is 52.6 Å². The minimum atomic E-state index is -0.438. The summed E-state index contributed by atoms with van der Waals surface area (Å²) in [5, 5.41) is 0. The molecular weight excluding hydrogens is 232 g/mol. The van der Waals surface area contributed by atoms with Crippen molar-refractivity contribution < 1.29 is 19.1 Å². The van der Waals surface area contributed by atoms with Crippen molar-refractivity contribution >= 4 is 11.9 Å². The number of hydrogen-bond acceptors (Lipinski definition) is 4. The van der Waals surface area contributed by atoms with E-state index in [4.69, 9.17) is 4.74 Å². The van der Waals surface area contributed by atoms with E-state index >= 15 is 0 Å². The molecule has 0 unspecified atom stereocenters. The molecule has 0 spiro atoms. The van der Waals surface area contributed by atoms with E-state index in [0.29, 0.717) is 17.7 Å². The molecule has 1 aromatic carbocycles. The van der Waals surface area contributed by atoms with E-state index in [9.17, 15) is 9.59 Å². The maximum absolute atomic E-state index is 11.6. The SMILES string of the molecule is CCCCOC(=O)Cc1ccccc1C(=O)OC. The number of carbonyl (C=O) groups is 2. The van der Waals surface area contributed by atoms with E-state index in [-0.39, 0.29) is 12.4 Å². The highest BCUT2D eigenvalue weighted by atomic mass is 16.5. The molecule has 1 rings (SSSR count). The molecule has 0 aliphatic rings. The summed E-state index contributed by atoms with van der Waals surface area (Å²) in [6, 6.07) is 6.88. The van der Waals surface area contributed by atoms with E-state index < -0.39 is 5.97 Å². The Kier molecular flexibility index (Phi) is 5.91. The van der Waals surface area contributed by atoms with Crippen LogP contribution in [0.15, 0.2) is 24.3 Å². The van der Waals surface area contributed by atoms with Gasteiger partial charge in [-0.3, -0.25) is 4.79 Å². The van der Waals surface area contributed by atoms with Crippen LogP contribution in [-0.2, 0) is 20.7 Å². The molecule has 0 aromatic heterocycles.